The van der Waals surface area contributed by atoms with E-state index in [9.17, 15) is 0 Å². The van der Waals surface area contributed by atoms with Crippen molar-refractivity contribution in [3.63, 3.8) is 0 Å². The molecule has 42 heavy (non-hydrogen) atoms. The van der Waals surface area contributed by atoms with E-state index in [0.717, 1.165) is 0 Å². The van der Waals surface area contributed by atoms with Crippen molar-refractivity contribution in [1.82, 2.24) is 0 Å². The van der Waals surface area contributed by atoms with Gasteiger partial charge in [-0.15, -0.1) is 15.8 Å². The molecule has 0 nitrogen and oxygen atoms in total. The van der Waals surface area contributed by atoms with Gasteiger partial charge >= 0.3 is 0 Å². The van der Waals surface area contributed by atoms with Crippen molar-refractivity contribution in [2.75, 3.05) is 58.5 Å². The summed E-state index contributed by atoms with van der Waals surface area (Å²) >= 11 is 0. The van der Waals surface area contributed by atoms with Crippen LogP contribution in [0.3, 0.4) is 0 Å². The van der Waals surface area contributed by atoms with Gasteiger partial charge in [0.05, 0.1) is 0 Å². The highest BCUT2D eigenvalue weighted by molar-refractivity contribution is 8.30. The van der Waals surface area contributed by atoms with Crippen molar-refractivity contribution in [3.8, 4) is 0 Å². The summed E-state index contributed by atoms with van der Waals surface area (Å²) < 4.78 is 0. The maximum atomic E-state index is 2.52. The molecule has 0 radical (unpaired) electrons. The van der Waals surface area contributed by atoms with Crippen molar-refractivity contribution >= 4 is 46.9 Å². The normalized spacial score (nSPS) is 18.0. The molecule has 0 amide bonds. The lowest BCUT2D eigenvalue weighted by Gasteiger charge is -2.49. The molecule has 6 atom stereocenters. The second kappa shape index (κ2) is 20.2. The van der Waals surface area contributed by atoms with E-state index < -0.39 is 0 Å². The summed E-state index contributed by atoms with van der Waals surface area (Å²) in [6, 6.07) is 0. The lowest BCUT2D eigenvalue weighted by molar-refractivity contribution is 0.532. The number of hydrogen-bond donors (Lipinski definition) is 0. The summed E-state index contributed by atoms with van der Waals surface area (Å²) in [6.45, 7) is 58.6. The molecule has 6 heteroatoms. The Morgan fingerprint density at radius 1 is 0.357 bits per heavy atom. The van der Waals surface area contributed by atoms with Crippen LogP contribution in [0, 0.1) is 0 Å². The topological polar surface area (TPSA) is 0 Å². The third-order valence-electron chi connectivity index (χ3n) is 12.3. The van der Waals surface area contributed by atoms with Gasteiger partial charge in [-0.2, -0.15) is 0 Å². The molecule has 0 aliphatic rings. The second-order valence-electron chi connectivity index (χ2n) is 15.8. The first kappa shape index (κ1) is 49.0. The van der Waals surface area contributed by atoms with E-state index in [2.05, 4.69) is 165 Å². The van der Waals surface area contributed by atoms with Gasteiger partial charge in [-0.25, -0.2) is 0 Å². The molecule has 0 heterocycles. The van der Waals surface area contributed by atoms with E-state index in [4.69, 9.17) is 0 Å². The Balaban J connectivity index is -0.000000543. The monoisotopic (exact) mass is 702 g/mol. The quantitative estimate of drug-likeness (QED) is 0.149. The Kier molecular flexibility index (Phi) is 23.5. The Labute approximate surface area is 278 Å². The Bertz CT molecular complexity index is 670. The number of hydrogen-bond acceptors (Lipinski definition) is 0. The van der Waals surface area contributed by atoms with Crippen LogP contribution in [0.1, 0.15) is 144 Å². The van der Waals surface area contributed by atoms with Gasteiger partial charge in [-0.3, -0.25) is 0 Å². The third kappa shape index (κ3) is 14.0. The minimum absolute atomic E-state index is 0.116. The van der Waals surface area contributed by atoms with E-state index in [1.807, 2.05) is 0 Å². The van der Waals surface area contributed by atoms with Crippen LogP contribution in [0.25, 0.3) is 0 Å². The van der Waals surface area contributed by atoms with Crippen LogP contribution in [0.2, 0.25) is 0 Å². The molecule has 0 N–H and O–H groups in total. The molecule has 0 aromatic heterocycles. The smallest absolute Gasteiger partial charge is 0.00494 e. The van der Waals surface area contributed by atoms with Crippen LogP contribution in [0.4, 0.5) is 0 Å². The van der Waals surface area contributed by atoms with Gasteiger partial charge in [0.1, 0.15) is 0 Å². The zero-order chi connectivity index (χ0) is 34.7. The van der Waals surface area contributed by atoms with E-state index in [1.54, 1.807) is 0 Å². The number of rotatable bonds is 15. The largest absolute Gasteiger partial charge is 0.103 e. The van der Waals surface area contributed by atoms with Crippen LogP contribution in [-0.4, -0.2) is 89.2 Å². The van der Waals surface area contributed by atoms with Gasteiger partial charge in [0.25, 0.3) is 0 Å². The minimum Gasteiger partial charge on any atom is -0.103 e. The van der Waals surface area contributed by atoms with Gasteiger partial charge in [-0.05, 0) is 104 Å². The fourth-order valence-corrected chi connectivity index (χ4v) is 23.4. The molecular weight excluding hydrogens is 618 g/mol. The average Bonchev–Trinajstić information content (AvgIpc) is 2.94. The molecular formula is C36H84P6. The molecule has 0 bridgehead atoms. The maximum absolute atomic E-state index is 2.52. The summed E-state index contributed by atoms with van der Waals surface area (Å²) in [5.41, 5.74) is 0. The molecule has 0 saturated heterocycles. The average molecular weight is 703 g/mol. The highest BCUT2D eigenvalue weighted by Crippen LogP contribution is 2.77. The Hall–Kier alpha value is 2.58. The van der Waals surface area contributed by atoms with Gasteiger partial charge in [0.2, 0.25) is 0 Å². The molecule has 0 saturated carbocycles. The third-order valence-corrected chi connectivity index (χ3v) is 38.8. The maximum Gasteiger partial charge on any atom is 0.00494 e. The summed E-state index contributed by atoms with van der Waals surface area (Å²) in [4.78, 5) is 0.582. The van der Waals surface area contributed by atoms with Crippen molar-refractivity contribution < 1.29 is 0 Å². The first-order valence-electron chi connectivity index (χ1n) is 17.0. The predicted molar refractivity (Wildman–Crippen MR) is 224 cm³/mol. The first-order valence-corrected chi connectivity index (χ1v) is 28.9. The fourth-order valence-electron chi connectivity index (χ4n) is 4.62. The molecule has 0 fully saturated rings. The van der Waals surface area contributed by atoms with Gasteiger partial charge in [0, 0.05) is 4.90 Å². The van der Waals surface area contributed by atoms with Crippen LogP contribution >= 0.6 is 46.9 Å². The summed E-state index contributed by atoms with van der Waals surface area (Å²) in [5, 5.41) is 2.73. The van der Waals surface area contributed by atoms with Crippen LogP contribution in [0.5, 0.6) is 0 Å². The molecule has 0 rings (SSSR count). The molecule has 0 aliphatic heterocycles. The van der Waals surface area contributed by atoms with Crippen molar-refractivity contribution in [2.24, 2.45) is 0 Å². The SMILES string of the molecule is CCC(C)(C)P(C)P(C)C(C)(C)CC.CCP(C)C(C)(C)C(C)(C)P(C)CC.CCP(C)C(C)(C)P(C)C(C)(C)CC. The summed E-state index contributed by atoms with van der Waals surface area (Å²) in [7, 11) is 1.02. The minimum atomic E-state index is 0.116. The standard InChI is InChI=1S/3C12H28P2/c1-9-13(7)11(3,4)12(5,6)14(8)10-2;1-9-11(3,4)14(8)12(5,6)13(7)10-2;1-9-11(3,4)13(7)14(8)12(5,6)10-2/h3*9-10H2,1-8H3. The highest BCUT2D eigenvalue weighted by Gasteiger charge is 2.43. The zero-order valence-corrected chi connectivity index (χ0v) is 39.3. The van der Waals surface area contributed by atoms with Crippen LogP contribution in [0.15, 0.2) is 0 Å². The van der Waals surface area contributed by atoms with Gasteiger partial charge in [0.15, 0.2) is 0 Å². The predicted octanol–water partition coefficient (Wildman–Crippen LogP) is 15.5. The van der Waals surface area contributed by atoms with E-state index >= 15 is 0 Å². The summed E-state index contributed by atoms with van der Waals surface area (Å²) in [6.07, 6.45) is 8.04. The van der Waals surface area contributed by atoms with Crippen LogP contribution in [-0.2, 0) is 0 Å². The fraction of sp³-hybridized carbons (Fsp3) is 1.00. The lowest BCUT2D eigenvalue weighted by Crippen LogP contribution is -2.42. The van der Waals surface area contributed by atoms with Crippen LogP contribution < -0.4 is 0 Å². The molecule has 6 unspecified atom stereocenters. The first-order chi connectivity index (χ1) is 18.6. The van der Waals surface area contributed by atoms with Crippen molar-refractivity contribution in [2.45, 2.75) is 175 Å². The van der Waals surface area contributed by atoms with Gasteiger partial charge < -0.3 is 0 Å². The van der Waals surface area contributed by atoms with E-state index in [1.165, 1.54) is 37.7 Å². The molecule has 0 aliphatic carbocycles. The molecule has 0 aromatic rings. The van der Waals surface area contributed by atoms with E-state index in [-0.39, 0.29) is 46.9 Å². The molecule has 0 spiro atoms. The van der Waals surface area contributed by atoms with Gasteiger partial charge in [-0.1, -0.05) is 156 Å². The molecule has 258 valence electrons. The lowest BCUT2D eigenvalue weighted by atomic mass is 9.98. The zero-order valence-electron chi connectivity index (χ0n) is 33.9. The Morgan fingerprint density at radius 2 is 0.595 bits per heavy atom. The summed E-state index contributed by atoms with van der Waals surface area (Å²) in [5.74, 6) is 0. The Morgan fingerprint density at radius 3 is 0.786 bits per heavy atom. The van der Waals surface area contributed by atoms with Crippen molar-refractivity contribution in [1.29, 1.82) is 0 Å². The second-order valence-corrected chi connectivity index (χ2v) is 37.1. The van der Waals surface area contributed by atoms with E-state index in [0.29, 0.717) is 30.7 Å². The highest BCUT2D eigenvalue weighted by atomic mass is 32.1. The van der Waals surface area contributed by atoms with Crippen molar-refractivity contribution in [3.05, 3.63) is 0 Å². The molecule has 0 aromatic carbocycles.